The largest absolute Gasteiger partial charge is 0.481 e. The van der Waals surface area contributed by atoms with E-state index in [2.05, 4.69) is 15.8 Å². The van der Waals surface area contributed by atoms with Gasteiger partial charge in [0.25, 0.3) is 0 Å². The highest BCUT2D eigenvalue weighted by molar-refractivity contribution is 5.79. The Kier molecular flexibility index (Phi) is 4.17. The van der Waals surface area contributed by atoms with Crippen LogP contribution in [0.1, 0.15) is 23.9 Å². The molecule has 1 aliphatic heterocycles. The summed E-state index contributed by atoms with van der Waals surface area (Å²) in [6, 6.07) is -1.02. The predicted octanol–water partition coefficient (Wildman–Crippen LogP) is 0.580. The number of carboxylic acid groups (broad SMARTS) is 1. The molecular weight excluding hydrogens is 278 g/mol. The Morgan fingerprint density at radius 3 is 2.76 bits per heavy atom. The van der Waals surface area contributed by atoms with Crippen LogP contribution in [0.5, 0.6) is 0 Å². The van der Waals surface area contributed by atoms with E-state index in [0.717, 1.165) is 5.56 Å². The number of nitrogens with one attached hydrogen (secondary N) is 2. The summed E-state index contributed by atoms with van der Waals surface area (Å²) in [6.45, 7) is 5.64. The molecule has 2 atom stereocenters. The number of aromatic nitrogens is 1. The maximum atomic E-state index is 11.9. The molecule has 21 heavy (non-hydrogen) atoms. The summed E-state index contributed by atoms with van der Waals surface area (Å²) in [5, 5.41) is 18.4. The van der Waals surface area contributed by atoms with Crippen LogP contribution in [0.4, 0.5) is 4.79 Å². The summed E-state index contributed by atoms with van der Waals surface area (Å²) in [5.74, 6) is -0.344. The molecule has 1 fully saturated rings. The lowest BCUT2D eigenvalue weighted by atomic mass is 9.85. The van der Waals surface area contributed by atoms with E-state index in [1.165, 1.54) is 0 Å². The van der Waals surface area contributed by atoms with Gasteiger partial charge in [0, 0.05) is 12.1 Å². The van der Waals surface area contributed by atoms with Crippen LogP contribution in [0, 0.1) is 19.3 Å². The summed E-state index contributed by atoms with van der Waals surface area (Å²) in [6.07, 6.45) is 0. The van der Waals surface area contributed by atoms with E-state index < -0.39 is 23.5 Å². The van der Waals surface area contributed by atoms with E-state index in [4.69, 9.17) is 9.26 Å². The van der Waals surface area contributed by atoms with E-state index >= 15 is 0 Å². The highest BCUT2D eigenvalue weighted by atomic mass is 16.5. The van der Waals surface area contributed by atoms with Crippen molar-refractivity contribution in [1.82, 2.24) is 15.8 Å². The molecule has 1 aromatic heterocycles. The van der Waals surface area contributed by atoms with Crippen molar-refractivity contribution in [2.45, 2.75) is 33.4 Å². The average Bonchev–Trinajstić information content (AvgIpc) is 2.93. The van der Waals surface area contributed by atoms with Gasteiger partial charge in [-0.1, -0.05) is 5.16 Å². The second-order valence-corrected chi connectivity index (χ2v) is 5.42. The van der Waals surface area contributed by atoms with Crippen LogP contribution >= 0.6 is 0 Å². The maximum absolute atomic E-state index is 11.9. The molecule has 1 aliphatic rings. The number of carbonyl (C=O) groups excluding carboxylic acids is 1. The summed E-state index contributed by atoms with van der Waals surface area (Å²) in [4.78, 5) is 23.2. The van der Waals surface area contributed by atoms with Gasteiger partial charge >= 0.3 is 12.0 Å². The Bertz CT molecular complexity index is 537. The molecule has 2 rings (SSSR count). The molecule has 8 heteroatoms. The summed E-state index contributed by atoms with van der Waals surface area (Å²) >= 11 is 0. The summed E-state index contributed by atoms with van der Waals surface area (Å²) in [5.41, 5.74) is 0.418. The first kappa shape index (κ1) is 15.3. The van der Waals surface area contributed by atoms with Crippen molar-refractivity contribution in [3.8, 4) is 0 Å². The number of carboxylic acids is 1. The topological polar surface area (TPSA) is 114 Å². The van der Waals surface area contributed by atoms with Crippen molar-refractivity contribution in [3.05, 3.63) is 17.0 Å². The third kappa shape index (κ3) is 2.99. The van der Waals surface area contributed by atoms with Crippen LogP contribution in [-0.2, 0) is 16.1 Å². The fourth-order valence-corrected chi connectivity index (χ4v) is 2.22. The minimum Gasteiger partial charge on any atom is -0.481 e. The first-order valence-electron chi connectivity index (χ1n) is 6.62. The number of rotatable bonds is 4. The molecule has 8 nitrogen and oxygen atoms in total. The average molecular weight is 297 g/mol. The highest BCUT2D eigenvalue weighted by Crippen LogP contribution is 2.28. The van der Waals surface area contributed by atoms with Crippen molar-refractivity contribution in [1.29, 1.82) is 0 Å². The fourth-order valence-electron chi connectivity index (χ4n) is 2.22. The molecule has 0 bridgehead atoms. The molecule has 1 saturated heterocycles. The van der Waals surface area contributed by atoms with Crippen LogP contribution < -0.4 is 10.6 Å². The lowest BCUT2D eigenvalue weighted by Crippen LogP contribution is -2.52. The molecule has 2 unspecified atom stereocenters. The first-order valence-corrected chi connectivity index (χ1v) is 6.62. The van der Waals surface area contributed by atoms with Gasteiger partial charge in [-0.15, -0.1) is 0 Å². The molecule has 0 radical (unpaired) electrons. The fraction of sp³-hybridized carbons (Fsp3) is 0.615. The lowest BCUT2D eigenvalue weighted by molar-refractivity contribution is -0.148. The first-order chi connectivity index (χ1) is 9.84. The van der Waals surface area contributed by atoms with Gasteiger partial charge in [-0.25, -0.2) is 4.79 Å². The molecule has 2 heterocycles. The van der Waals surface area contributed by atoms with Gasteiger partial charge in [0.1, 0.15) is 11.2 Å². The minimum absolute atomic E-state index is 0.0805. The number of aliphatic carboxylic acids is 1. The molecule has 3 N–H and O–H groups in total. The summed E-state index contributed by atoms with van der Waals surface area (Å²) in [7, 11) is 0. The van der Waals surface area contributed by atoms with Crippen LogP contribution in [0.2, 0.25) is 0 Å². The van der Waals surface area contributed by atoms with E-state index in [-0.39, 0.29) is 19.8 Å². The Hall–Kier alpha value is -2.09. The van der Waals surface area contributed by atoms with Crippen molar-refractivity contribution < 1.29 is 24.0 Å². The molecule has 0 spiro atoms. The Morgan fingerprint density at radius 2 is 2.19 bits per heavy atom. The van der Waals surface area contributed by atoms with Crippen molar-refractivity contribution in [2.24, 2.45) is 5.41 Å². The van der Waals surface area contributed by atoms with Crippen molar-refractivity contribution >= 4 is 12.0 Å². The van der Waals surface area contributed by atoms with Crippen LogP contribution in [0.25, 0.3) is 0 Å². The quantitative estimate of drug-likeness (QED) is 0.749. The molecular formula is C13H19N3O5. The molecule has 116 valence electrons. The van der Waals surface area contributed by atoms with Crippen LogP contribution in [-0.4, -0.2) is 41.5 Å². The Labute approximate surface area is 121 Å². The third-order valence-electron chi connectivity index (χ3n) is 3.86. The van der Waals surface area contributed by atoms with E-state index in [0.29, 0.717) is 11.5 Å². The summed E-state index contributed by atoms with van der Waals surface area (Å²) < 4.78 is 10.2. The number of ether oxygens (including phenoxy) is 1. The maximum Gasteiger partial charge on any atom is 0.315 e. The predicted molar refractivity (Wildman–Crippen MR) is 71.7 cm³/mol. The molecule has 0 aromatic carbocycles. The van der Waals surface area contributed by atoms with Gasteiger partial charge in [0.05, 0.1) is 24.9 Å². The van der Waals surface area contributed by atoms with Gasteiger partial charge in [-0.05, 0) is 20.8 Å². The smallest absolute Gasteiger partial charge is 0.315 e. The second kappa shape index (κ2) is 5.72. The number of hydrogen-bond donors (Lipinski definition) is 3. The number of carbonyl (C=O) groups is 2. The van der Waals surface area contributed by atoms with Gasteiger partial charge in [-0.2, -0.15) is 0 Å². The van der Waals surface area contributed by atoms with Gasteiger partial charge in [-0.3, -0.25) is 4.79 Å². The van der Waals surface area contributed by atoms with E-state index in [1.54, 1.807) is 20.8 Å². The SMILES string of the molecule is Cc1noc(C)c1CNC(=O)NC1COCC1(C)C(=O)O. The Balaban J connectivity index is 1.92. The van der Waals surface area contributed by atoms with Crippen molar-refractivity contribution in [3.63, 3.8) is 0 Å². The number of urea groups is 1. The van der Waals surface area contributed by atoms with E-state index in [1.807, 2.05) is 0 Å². The number of hydrogen-bond acceptors (Lipinski definition) is 5. The van der Waals surface area contributed by atoms with Gasteiger partial charge < -0.3 is 25.0 Å². The van der Waals surface area contributed by atoms with Gasteiger partial charge in [0.2, 0.25) is 0 Å². The molecule has 2 amide bonds. The third-order valence-corrected chi connectivity index (χ3v) is 3.86. The van der Waals surface area contributed by atoms with Crippen LogP contribution in [0.15, 0.2) is 4.52 Å². The highest BCUT2D eigenvalue weighted by Gasteiger charge is 2.47. The zero-order valence-corrected chi connectivity index (χ0v) is 12.2. The monoisotopic (exact) mass is 297 g/mol. The zero-order chi connectivity index (χ0) is 15.6. The lowest BCUT2D eigenvalue weighted by Gasteiger charge is -2.25. The van der Waals surface area contributed by atoms with Crippen LogP contribution in [0.3, 0.4) is 0 Å². The molecule has 1 aromatic rings. The van der Waals surface area contributed by atoms with Crippen molar-refractivity contribution in [2.75, 3.05) is 13.2 Å². The molecule has 0 aliphatic carbocycles. The van der Waals surface area contributed by atoms with Gasteiger partial charge in [0.15, 0.2) is 0 Å². The normalized spacial score (nSPS) is 24.8. The number of aryl methyl sites for hydroxylation is 2. The second-order valence-electron chi connectivity index (χ2n) is 5.42. The standard InChI is InChI=1S/C13H19N3O5/c1-7-9(8(2)21-16-7)4-14-12(19)15-10-5-20-6-13(10,3)11(17)18/h10H,4-6H2,1-3H3,(H,17,18)(H2,14,15,19). The van der Waals surface area contributed by atoms with E-state index in [9.17, 15) is 14.7 Å². The zero-order valence-electron chi connectivity index (χ0n) is 12.2. The Morgan fingerprint density at radius 1 is 1.48 bits per heavy atom. The minimum atomic E-state index is -1.11. The number of nitrogens with zero attached hydrogens (tertiary/aromatic N) is 1. The molecule has 0 saturated carbocycles. The number of amides is 2.